The van der Waals surface area contributed by atoms with Crippen molar-refractivity contribution in [2.45, 2.75) is 79.9 Å². The second-order valence-corrected chi connectivity index (χ2v) is 12.5. The molecule has 0 aliphatic heterocycles. The molecule has 5 nitrogen and oxygen atoms in total. The lowest BCUT2D eigenvalue weighted by molar-refractivity contribution is -0.121. The van der Waals surface area contributed by atoms with Gasteiger partial charge in [-0.25, -0.2) is 0 Å². The topological polar surface area (TPSA) is 54.0 Å². The van der Waals surface area contributed by atoms with Crippen LogP contribution in [0.15, 0.2) is 68.7 Å². The van der Waals surface area contributed by atoms with Gasteiger partial charge >= 0.3 is 0 Å². The summed E-state index contributed by atoms with van der Waals surface area (Å²) in [4.78, 5) is 12.5. The minimum absolute atomic E-state index is 0. The molecule has 0 aromatic heterocycles. The smallest absolute Gasteiger partial charge is 0.133 e. The quantitative estimate of drug-likeness (QED) is 0.252. The van der Waals surface area contributed by atoms with Gasteiger partial charge in [-0.1, -0.05) is 82.2 Å². The number of allylic oxidation sites excluding steroid dienone is 5. The molecule has 0 bridgehead atoms. The van der Waals surface area contributed by atoms with Gasteiger partial charge in [-0.05, 0) is 83.4 Å². The summed E-state index contributed by atoms with van der Waals surface area (Å²) in [5, 5.41) is 0. The molecule has 0 saturated carbocycles. The Balaban J connectivity index is 0.000000481. The van der Waals surface area contributed by atoms with Crippen LogP contribution in [0, 0.1) is 11.8 Å². The van der Waals surface area contributed by atoms with Gasteiger partial charge in [0.1, 0.15) is 28.8 Å². The van der Waals surface area contributed by atoms with Gasteiger partial charge in [-0.3, -0.25) is 4.79 Å². The Morgan fingerprint density at radius 3 is 1.43 bits per heavy atom. The largest absolute Gasteiger partial charge is 0.496 e. The van der Waals surface area contributed by atoms with Gasteiger partial charge in [0.25, 0.3) is 0 Å². The second-order valence-electron chi connectivity index (χ2n) is 10.7. The van der Waals surface area contributed by atoms with Crippen LogP contribution in [-0.4, -0.2) is 34.2 Å². The number of carbonyl (C=O) groups is 1. The molecule has 7 heteroatoms. The zero-order chi connectivity index (χ0) is 36.1. The molecular formula is C37H52Br2O5. The van der Waals surface area contributed by atoms with Crippen LogP contribution in [0.4, 0.5) is 0 Å². The Kier molecular flexibility index (Phi) is 12.2. The van der Waals surface area contributed by atoms with Crippen molar-refractivity contribution in [3.63, 3.8) is 0 Å². The van der Waals surface area contributed by atoms with E-state index >= 15 is 0 Å². The molecular weight excluding hydrogens is 684 g/mol. The van der Waals surface area contributed by atoms with Crippen molar-refractivity contribution in [1.29, 1.82) is 0 Å². The summed E-state index contributed by atoms with van der Waals surface area (Å²) >= 11 is 6.87. The number of rotatable bonds is 8. The zero-order valence-electron chi connectivity index (χ0n) is 31.1. The van der Waals surface area contributed by atoms with E-state index in [4.69, 9.17) is 27.2 Å². The predicted molar refractivity (Wildman–Crippen MR) is 192 cm³/mol. The van der Waals surface area contributed by atoms with Gasteiger partial charge in [0.05, 0.1) is 28.4 Å². The van der Waals surface area contributed by atoms with Gasteiger partial charge in [-0.15, -0.1) is 0 Å². The molecule has 4 atom stereocenters. The molecule has 2 aromatic rings. The van der Waals surface area contributed by atoms with Crippen molar-refractivity contribution < 1.29 is 32.0 Å². The molecule has 0 spiro atoms. The fourth-order valence-corrected chi connectivity index (χ4v) is 6.69. The van der Waals surface area contributed by atoms with Crippen molar-refractivity contribution in [3.05, 3.63) is 79.8 Å². The van der Waals surface area contributed by atoms with Crippen molar-refractivity contribution in [1.82, 2.24) is 0 Å². The molecule has 0 N–H and O–H groups in total. The highest BCUT2D eigenvalue weighted by molar-refractivity contribution is 9.10. The highest BCUT2D eigenvalue weighted by Gasteiger charge is 2.33. The fraction of sp³-hybridized carbons (Fsp3) is 0.486. The van der Waals surface area contributed by atoms with Crippen LogP contribution >= 0.6 is 31.9 Å². The van der Waals surface area contributed by atoms with Crippen LogP contribution in [0.25, 0.3) is 0 Å². The summed E-state index contributed by atoms with van der Waals surface area (Å²) in [6.45, 7) is 3.17. The third-order valence-electron chi connectivity index (χ3n) is 7.96. The van der Waals surface area contributed by atoms with Gasteiger partial charge in [-0.2, -0.15) is 0 Å². The van der Waals surface area contributed by atoms with Crippen LogP contribution in [0.5, 0.6) is 23.0 Å². The van der Waals surface area contributed by atoms with Crippen LogP contribution in [0.2, 0.25) is 0 Å². The van der Waals surface area contributed by atoms with Crippen LogP contribution in [-0.2, 0) is 4.79 Å². The average molecular weight is 743 g/mol. The minimum Gasteiger partial charge on any atom is -0.496 e. The van der Waals surface area contributed by atoms with Crippen LogP contribution in [0.1, 0.15) is 99.3 Å². The van der Waals surface area contributed by atoms with Crippen molar-refractivity contribution >= 4 is 37.6 Å². The van der Waals surface area contributed by atoms with Gasteiger partial charge < -0.3 is 18.9 Å². The normalized spacial score (nSPS) is 23.3. The number of carbonyl (C=O) groups excluding carboxylic acids is 1. The number of methoxy groups -OCH3 is 4. The Labute approximate surface area is 291 Å². The van der Waals surface area contributed by atoms with Crippen molar-refractivity contribution in [2.24, 2.45) is 11.8 Å². The van der Waals surface area contributed by atoms with E-state index in [1.807, 2.05) is 25.1 Å². The summed E-state index contributed by atoms with van der Waals surface area (Å²) < 4.78 is 69.5. The Bertz CT molecular complexity index is 1400. The molecule has 0 saturated heterocycles. The maximum absolute atomic E-state index is 12.5. The van der Waals surface area contributed by atoms with E-state index in [1.54, 1.807) is 40.6 Å². The van der Waals surface area contributed by atoms with E-state index in [0.29, 0.717) is 47.0 Å². The summed E-state index contributed by atoms with van der Waals surface area (Å²) in [5.74, 6) is 0.482. The zero-order valence-corrected chi connectivity index (χ0v) is 28.3. The lowest BCUT2D eigenvalue weighted by Crippen LogP contribution is -2.23. The van der Waals surface area contributed by atoms with E-state index < -0.39 is 25.4 Å². The molecule has 0 radical (unpaired) electrons. The monoisotopic (exact) mass is 740 g/mol. The maximum Gasteiger partial charge on any atom is 0.133 e. The third kappa shape index (κ3) is 9.26. The number of ether oxygens (including phenoxy) is 4. The third-order valence-corrected chi connectivity index (χ3v) is 8.88. The summed E-state index contributed by atoms with van der Waals surface area (Å²) in [6.07, 6.45) is 6.94. The molecule has 2 aliphatic carbocycles. The highest BCUT2D eigenvalue weighted by Crippen LogP contribution is 2.48. The fourth-order valence-electron chi connectivity index (χ4n) is 5.86. The standard InChI is InChI=1S/C18H23BrO2.C17H21BrO3.2CH4/c1-11(2)14-7-6-12(3)8-15(14)18-16(20-4)9-13(19)10-17(18)21-5;1-10-5-6-13(11(2)19)14(7-10)17-15(20-3)8-12(18)9-16(17)21-4;;/h8-10,14-15H,1,6-7H2,2-5H3;7-9,13-14H,5-6H2,1-4H3;2*1H4/t14-,15+;13-,14+;;/m00../s1/i2*2D3;;. The molecule has 244 valence electrons. The Morgan fingerprint density at radius 2 is 1.09 bits per heavy atom. The summed E-state index contributed by atoms with van der Waals surface area (Å²) in [7, 11) is 6.31. The summed E-state index contributed by atoms with van der Waals surface area (Å²) in [5.41, 5.74) is 4.24. The Hall–Kier alpha value is -2.51. The maximum atomic E-state index is 12.5. The number of benzene rings is 2. The van der Waals surface area contributed by atoms with E-state index in [-0.39, 0.29) is 32.6 Å². The summed E-state index contributed by atoms with van der Waals surface area (Å²) in [6, 6.07) is 7.36. The van der Waals surface area contributed by atoms with Gasteiger partial charge in [0.2, 0.25) is 0 Å². The molecule has 2 aliphatic rings. The predicted octanol–water partition coefficient (Wildman–Crippen LogP) is 11.2. The van der Waals surface area contributed by atoms with E-state index in [0.717, 1.165) is 32.9 Å². The molecule has 2 aromatic carbocycles. The van der Waals surface area contributed by atoms with Crippen LogP contribution < -0.4 is 18.9 Å². The number of ketones is 1. The molecule has 4 rings (SSSR count). The lowest BCUT2D eigenvalue weighted by atomic mass is 9.74. The highest BCUT2D eigenvalue weighted by atomic mass is 79.9. The lowest BCUT2D eigenvalue weighted by Gasteiger charge is -2.32. The van der Waals surface area contributed by atoms with E-state index in [2.05, 4.69) is 51.4 Å². The first kappa shape index (κ1) is 30.2. The molecule has 0 unspecified atom stereocenters. The van der Waals surface area contributed by atoms with Gasteiger partial charge in [0.15, 0.2) is 0 Å². The average Bonchev–Trinajstić information content (AvgIpc) is 3.02. The molecule has 0 heterocycles. The molecule has 0 amide bonds. The molecule has 44 heavy (non-hydrogen) atoms. The van der Waals surface area contributed by atoms with E-state index in [9.17, 15) is 4.79 Å². The SMILES string of the molecule is C.C.[2H]C([2H])([2H])C(=C)[C@@H]1CCC(C)=C[C@H]1c1c(OC)cc(Br)cc1OC.[2H]C([2H])([2H])C(=O)[C@@H]1CCC(C)=C[C@H]1c1c(OC)cc(Br)cc1OC. The number of hydrogen-bond acceptors (Lipinski definition) is 5. The first-order chi connectivity index (χ1) is 22.4. The first-order valence-electron chi connectivity index (χ1n) is 16.8. The minimum atomic E-state index is -2.61. The number of hydrogen-bond donors (Lipinski definition) is 0. The first-order valence-corrected chi connectivity index (χ1v) is 15.4. The second kappa shape index (κ2) is 17.8. The van der Waals surface area contributed by atoms with E-state index in [1.165, 1.54) is 5.57 Å². The molecule has 0 fully saturated rings. The van der Waals surface area contributed by atoms with Crippen molar-refractivity contribution in [3.8, 4) is 23.0 Å². The van der Waals surface area contributed by atoms with Crippen molar-refractivity contribution in [2.75, 3.05) is 28.4 Å². The number of Topliss-reactive ketones (excluding diaryl/α,β-unsaturated/α-hetero) is 1. The van der Waals surface area contributed by atoms with Gasteiger partial charge in [0, 0.05) is 46.1 Å². The Morgan fingerprint density at radius 1 is 0.727 bits per heavy atom. The van der Waals surface area contributed by atoms with Crippen LogP contribution in [0.3, 0.4) is 0 Å². The number of halogens is 2.